The van der Waals surface area contributed by atoms with Crippen LogP contribution in [0.2, 0.25) is 0 Å². The van der Waals surface area contributed by atoms with Crippen LogP contribution in [0.3, 0.4) is 0 Å². The third-order valence-corrected chi connectivity index (χ3v) is 6.13. The Bertz CT molecular complexity index is 1230. The number of nitrogens with two attached hydrogens (primary N) is 1. The van der Waals surface area contributed by atoms with E-state index in [1.807, 2.05) is 43.3 Å². The molecule has 0 radical (unpaired) electrons. The number of nitrogens with zero attached hydrogens (tertiary/aromatic N) is 1. The van der Waals surface area contributed by atoms with Crippen molar-refractivity contribution < 1.29 is 13.6 Å². The minimum atomic E-state index is -0.885. The van der Waals surface area contributed by atoms with Crippen molar-refractivity contribution in [1.82, 2.24) is 4.98 Å². The number of nitrogens with one attached hydrogen (secondary N) is 1. The lowest BCUT2D eigenvalue weighted by molar-refractivity contribution is 0.103. The summed E-state index contributed by atoms with van der Waals surface area (Å²) in [5.41, 5.74) is 9.12. The van der Waals surface area contributed by atoms with Crippen LogP contribution < -0.4 is 11.1 Å². The van der Waals surface area contributed by atoms with Gasteiger partial charge in [0.05, 0.1) is 17.1 Å². The molecule has 2 aromatic heterocycles. The first kappa shape index (κ1) is 19.5. The van der Waals surface area contributed by atoms with Gasteiger partial charge < -0.3 is 11.1 Å². The number of thiophene rings is 1. The van der Waals surface area contributed by atoms with Gasteiger partial charge in [-0.05, 0) is 41.1 Å². The molecule has 1 amide bonds. The maximum absolute atomic E-state index is 14.0. The molecule has 0 spiro atoms. The van der Waals surface area contributed by atoms with E-state index in [1.165, 1.54) is 0 Å². The Hall–Kier alpha value is -2.84. The number of hydrogen-bond acceptors (Lipinski definition) is 4. The average Bonchev–Trinajstić information content (AvgIpc) is 3.01. The van der Waals surface area contributed by atoms with E-state index in [2.05, 4.69) is 26.2 Å². The van der Waals surface area contributed by atoms with Crippen molar-refractivity contribution >= 4 is 54.8 Å². The van der Waals surface area contributed by atoms with Crippen LogP contribution >= 0.6 is 27.3 Å². The highest BCUT2D eigenvalue weighted by molar-refractivity contribution is 9.10. The summed E-state index contributed by atoms with van der Waals surface area (Å²) in [6.45, 7) is 2.01. The minimum Gasteiger partial charge on any atom is -0.397 e. The van der Waals surface area contributed by atoms with E-state index >= 15 is 0 Å². The summed E-state index contributed by atoms with van der Waals surface area (Å²) in [5.74, 6) is -2.22. The Kier molecular flexibility index (Phi) is 5.06. The number of benzene rings is 2. The molecule has 0 unspecified atom stereocenters. The first-order valence-corrected chi connectivity index (χ1v) is 10.2. The van der Waals surface area contributed by atoms with Crippen LogP contribution in [0, 0.1) is 18.6 Å². The quantitative estimate of drug-likeness (QED) is 0.375. The van der Waals surface area contributed by atoms with Crippen molar-refractivity contribution in [1.29, 1.82) is 0 Å². The molecule has 4 rings (SSSR count). The van der Waals surface area contributed by atoms with Crippen LogP contribution in [0.15, 0.2) is 53.0 Å². The normalized spacial score (nSPS) is 11.0. The molecule has 2 heterocycles. The van der Waals surface area contributed by atoms with Crippen LogP contribution in [0.1, 0.15) is 15.2 Å². The Labute approximate surface area is 177 Å². The first-order valence-electron chi connectivity index (χ1n) is 8.55. The van der Waals surface area contributed by atoms with E-state index in [0.717, 1.165) is 34.2 Å². The molecule has 4 aromatic rings. The number of carbonyl (C=O) groups is 1. The largest absolute Gasteiger partial charge is 0.397 e. The molecule has 0 aliphatic carbocycles. The molecular formula is C21H14BrF2N3OS. The highest BCUT2D eigenvalue weighted by atomic mass is 79.9. The van der Waals surface area contributed by atoms with Gasteiger partial charge in [0.1, 0.15) is 15.5 Å². The number of aryl methyl sites for hydroxylation is 1. The van der Waals surface area contributed by atoms with Gasteiger partial charge in [-0.2, -0.15) is 0 Å². The molecule has 3 N–H and O–H groups in total. The Morgan fingerprint density at radius 1 is 1.14 bits per heavy atom. The molecule has 29 heavy (non-hydrogen) atoms. The van der Waals surface area contributed by atoms with Crippen LogP contribution in [-0.2, 0) is 0 Å². The maximum Gasteiger partial charge on any atom is 0.268 e. The standard InChI is InChI=1S/C21H14BrF2N3OS/c1-10-2-4-11(5-3-10)16-7-6-13-17(25)19(29-21(13)26-16)20(28)27-18-14(22)8-12(23)9-15(18)24/h2-9H,25H2,1H3,(H,27,28). The third kappa shape index (κ3) is 3.73. The molecule has 0 saturated carbocycles. The fourth-order valence-electron chi connectivity index (χ4n) is 2.88. The van der Waals surface area contributed by atoms with Crippen LogP contribution in [0.4, 0.5) is 20.2 Å². The molecule has 146 valence electrons. The minimum absolute atomic E-state index is 0.0998. The Morgan fingerprint density at radius 2 is 1.86 bits per heavy atom. The number of anilines is 2. The molecule has 0 bridgehead atoms. The van der Waals surface area contributed by atoms with Crippen molar-refractivity contribution in [2.24, 2.45) is 0 Å². The fourth-order valence-corrected chi connectivity index (χ4v) is 4.38. The average molecular weight is 474 g/mol. The summed E-state index contributed by atoms with van der Waals surface area (Å²) < 4.78 is 27.4. The zero-order chi connectivity index (χ0) is 20.7. The van der Waals surface area contributed by atoms with Crippen molar-refractivity contribution in [2.45, 2.75) is 6.92 Å². The number of halogens is 3. The molecule has 0 atom stereocenters. The lowest BCUT2D eigenvalue weighted by Gasteiger charge is -2.08. The van der Waals surface area contributed by atoms with Crippen molar-refractivity contribution in [3.05, 3.63) is 75.1 Å². The Balaban J connectivity index is 1.70. The zero-order valence-corrected chi connectivity index (χ0v) is 17.5. The van der Waals surface area contributed by atoms with Gasteiger partial charge in [0.15, 0.2) is 5.82 Å². The summed E-state index contributed by atoms with van der Waals surface area (Å²) in [6, 6.07) is 13.4. The smallest absolute Gasteiger partial charge is 0.268 e. The van der Waals surface area contributed by atoms with E-state index in [0.29, 0.717) is 16.3 Å². The lowest BCUT2D eigenvalue weighted by atomic mass is 10.1. The van der Waals surface area contributed by atoms with E-state index in [9.17, 15) is 13.6 Å². The molecule has 2 aromatic carbocycles. The number of amides is 1. The van der Waals surface area contributed by atoms with Crippen molar-refractivity contribution in [3.63, 3.8) is 0 Å². The number of fused-ring (bicyclic) bond motifs is 1. The molecule has 0 aliphatic heterocycles. The maximum atomic E-state index is 14.0. The summed E-state index contributed by atoms with van der Waals surface area (Å²) in [7, 11) is 0. The molecular weight excluding hydrogens is 460 g/mol. The fraction of sp³-hybridized carbons (Fsp3) is 0.0476. The van der Waals surface area contributed by atoms with Gasteiger partial charge in [0.25, 0.3) is 5.91 Å². The second kappa shape index (κ2) is 7.53. The lowest BCUT2D eigenvalue weighted by Crippen LogP contribution is -2.13. The van der Waals surface area contributed by atoms with Gasteiger partial charge in [0, 0.05) is 21.5 Å². The van der Waals surface area contributed by atoms with Gasteiger partial charge in [-0.25, -0.2) is 13.8 Å². The molecule has 0 fully saturated rings. The van der Waals surface area contributed by atoms with Gasteiger partial charge >= 0.3 is 0 Å². The van der Waals surface area contributed by atoms with Gasteiger partial charge in [-0.1, -0.05) is 29.8 Å². The number of carbonyl (C=O) groups excluding carboxylic acids is 1. The number of rotatable bonds is 3. The second-order valence-electron chi connectivity index (χ2n) is 6.46. The molecule has 8 heteroatoms. The molecule has 0 aliphatic rings. The van der Waals surface area contributed by atoms with Gasteiger partial charge in [-0.15, -0.1) is 11.3 Å². The summed E-state index contributed by atoms with van der Waals surface area (Å²) in [6.07, 6.45) is 0. The predicted octanol–water partition coefficient (Wildman–Crippen LogP) is 6.15. The zero-order valence-electron chi connectivity index (χ0n) is 15.1. The number of nitrogen functional groups attached to an aromatic ring is 1. The van der Waals surface area contributed by atoms with E-state index in [1.54, 1.807) is 0 Å². The number of pyridine rings is 1. The van der Waals surface area contributed by atoms with Gasteiger partial charge in [-0.3, -0.25) is 4.79 Å². The highest BCUT2D eigenvalue weighted by Gasteiger charge is 2.20. The number of aromatic nitrogens is 1. The second-order valence-corrected chi connectivity index (χ2v) is 8.31. The molecule has 4 nitrogen and oxygen atoms in total. The van der Waals surface area contributed by atoms with Gasteiger partial charge in [0.2, 0.25) is 0 Å². The van der Waals surface area contributed by atoms with Crippen LogP contribution in [0.5, 0.6) is 0 Å². The number of hydrogen-bond donors (Lipinski definition) is 2. The highest BCUT2D eigenvalue weighted by Crippen LogP contribution is 2.35. The monoisotopic (exact) mass is 473 g/mol. The summed E-state index contributed by atoms with van der Waals surface area (Å²) in [4.78, 5) is 18.1. The summed E-state index contributed by atoms with van der Waals surface area (Å²) >= 11 is 4.18. The van der Waals surface area contributed by atoms with E-state index < -0.39 is 17.5 Å². The van der Waals surface area contributed by atoms with E-state index in [4.69, 9.17) is 5.73 Å². The van der Waals surface area contributed by atoms with Crippen LogP contribution in [-0.4, -0.2) is 10.9 Å². The third-order valence-electron chi connectivity index (χ3n) is 4.39. The SMILES string of the molecule is Cc1ccc(-c2ccc3c(N)c(C(=O)Nc4c(F)cc(F)cc4Br)sc3n2)cc1. The van der Waals surface area contributed by atoms with Crippen LogP contribution in [0.25, 0.3) is 21.5 Å². The van der Waals surface area contributed by atoms with Crippen molar-refractivity contribution in [3.8, 4) is 11.3 Å². The van der Waals surface area contributed by atoms with E-state index in [-0.39, 0.29) is 20.7 Å². The Morgan fingerprint density at radius 3 is 2.55 bits per heavy atom. The van der Waals surface area contributed by atoms with Crippen molar-refractivity contribution in [2.75, 3.05) is 11.1 Å². The predicted molar refractivity (Wildman–Crippen MR) is 116 cm³/mol. The molecule has 0 saturated heterocycles. The first-order chi connectivity index (χ1) is 13.8. The summed E-state index contributed by atoms with van der Waals surface area (Å²) in [5, 5.41) is 3.10. The topological polar surface area (TPSA) is 68.0 Å².